The average Bonchev–Trinajstić information content (AvgIpc) is 2.51. The summed E-state index contributed by atoms with van der Waals surface area (Å²) in [6.07, 6.45) is 0.756. The molecule has 1 amide bonds. The van der Waals surface area contributed by atoms with Crippen LogP contribution < -0.4 is 5.32 Å². The van der Waals surface area contributed by atoms with Crippen molar-refractivity contribution >= 4 is 17.5 Å². The highest BCUT2D eigenvalue weighted by atomic mass is 35.5. The van der Waals surface area contributed by atoms with Gasteiger partial charge in [-0.1, -0.05) is 20.8 Å². The lowest BCUT2D eigenvalue weighted by molar-refractivity contribution is 0.0898. The molecule has 0 saturated carbocycles. The number of rotatable bonds is 4. The fraction of sp³-hybridized carbons (Fsp3) is 0.667. The number of nitrogens with one attached hydrogen (secondary N) is 1. The highest BCUT2D eigenvalue weighted by molar-refractivity contribution is 6.17. The molecular weight excluding hydrogens is 262 g/mol. The maximum Gasteiger partial charge on any atom is 0.255 e. The van der Waals surface area contributed by atoms with Crippen LogP contribution >= 0.6 is 11.6 Å². The Morgan fingerprint density at radius 2 is 1.84 bits per heavy atom. The smallest absolute Gasteiger partial charge is 0.255 e. The molecule has 0 aromatic carbocycles. The van der Waals surface area contributed by atoms with E-state index >= 15 is 0 Å². The third-order valence-corrected chi connectivity index (χ3v) is 3.76. The molecule has 1 atom stereocenters. The van der Waals surface area contributed by atoms with Crippen molar-refractivity contribution in [1.82, 2.24) is 5.32 Å². The van der Waals surface area contributed by atoms with E-state index < -0.39 is 0 Å². The van der Waals surface area contributed by atoms with E-state index in [1.54, 1.807) is 0 Å². The third-order valence-electron chi connectivity index (χ3n) is 3.54. The van der Waals surface area contributed by atoms with E-state index in [1.807, 2.05) is 20.8 Å². The maximum absolute atomic E-state index is 12.4. The largest absolute Gasteiger partial charge is 0.466 e. The van der Waals surface area contributed by atoms with Crippen LogP contribution in [0.5, 0.6) is 0 Å². The first-order valence-corrected chi connectivity index (χ1v) is 7.15. The summed E-state index contributed by atoms with van der Waals surface area (Å²) in [4.78, 5) is 12.4. The molecule has 1 aromatic rings. The number of aryl methyl sites for hydroxylation is 2. The Morgan fingerprint density at radius 3 is 2.21 bits per heavy atom. The van der Waals surface area contributed by atoms with Crippen LogP contribution in [-0.2, 0) is 0 Å². The van der Waals surface area contributed by atoms with Gasteiger partial charge in [0.15, 0.2) is 0 Å². The molecule has 4 heteroatoms. The highest BCUT2D eigenvalue weighted by Crippen LogP contribution is 2.25. The number of furan rings is 1. The van der Waals surface area contributed by atoms with Crippen molar-refractivity contribution in [2.24, 2.45) is 5.41 Å². The van der Waals surface area contributed by atoms with Crippen molar-refractivity contribution in [3.63, 3.8) is 0 Å². The summed E-state index contributed by atoms with van der Waals surface area (Å²) in [6, 6.07) is 0.0477. The summed E-state index contributed by atoms with van der Waals surface area (Å²) < 4.78 is 5.51. The summed E-state index contributed by atoms with van der Waals surface area (Å²) >= 11 is 5.83. The lowest BCUT2D eigenvalue weighted by atomic mass is 9.85. The zero-order valence-electron chi connectivity index (χ0n) is 12.7. The van der Waals surface area contributed by atoms with Crippen molar-refractivity contribution in [3.05, 3.63) is 22.6 Å². The molecule has 0 bridgehead atoms. The van der Waals surface area contributed by atoms with E-state index in [2.05, 4.69) is 26.1 Å². The van der Waals surface area contributed by atoms with Crippen LogP contribution in [-0.4, -0.2) is 17.8 Å². The average molecular weight is 286 g/mol. The Morgan fingerprint density at radius 1 is 1.26 bits per heavy atom. The summed E-state index contributed by atoms with van der Waals surface area (Å²) in [7, 11) is 0. The minimum atomic E-state index is -0.0723. The summed E-state index contributed by atoms with van der Waals surface area (Å²) in [6.45, 7) is 11.9. The van der Waals surface area contributed by atoms with Gasteiger partial charge in [0.05, 0.1) is 5.56 Å². The van der Waals surface area contributed by atoms with Crippen LogP contribution in [0, 0.1) is 26.2 Å². The topological polar surface area (TPSA) is 42.2 Å². The Bertz CT molecular complexity index is 457. The Labute approximate surface area is 120 Å². The molecule has 0 aliphatic rings. The van der Waals surface area contributed by atoms with Gasteiger partial charge in [-0.15, -0.1) is 11.6 Å². The predicted molar refractivity (Wildman–Crippen MR) is 79.0 cm³/mol. The maximum atomic E-state index is 12.4. The van der Waals surface area contributed by atoms with E-state index in [9.17, 15) is 4.79 Å². The van der Waals surface area contributed by atoms with Gasteiger partial charge in [-0.05, 0) is 32.6 Å². The van der Waals surface area contributed by atoms with Crippen LogP contribution in [0.25, 0.3) is 0 Å². The first kappa shape index (κ1) is 16.1. The monoisotopic (exact) mass is 285 g/mol. The van der Waals surface area contributed by atoms with E-state index in [0.717, 1.165) is 17.7 Å². The fourth-order valence-electron chi connectivity index (χ4n) is 2.19. The molecule has 0 saturated heterocycles. The normalized spacial score (nSPS) is 13.4. The second-order valence-corrected chi connectivity index (χ2v) is 6.46. The lowest BCUT2D eigenvalue weighted by Gasteiger charge is -2.31. The van der Waals surface area contributed by atoms with Gasteiger partial charge in [0, 0.05) is 17.5 Å². The van der Waals surface area contributed by atoms with Crippen LogP contribution in [0.4, 0.5) is 0 Å². The first-order chi connectivity index (χ1) is 8.68. The van der Waals surface area contributed by atoms with Gasteiger partial charge in [-0.25, -0.2) is 0 Å². The number of carbonyl (C=O) groups is 1. The molecule has 0 aliphatic heterocycles. The molecule has 1 heterocycles. The Hall–Kier alpha value is -0.960. The summed E-state index contributed by atoms with van der Waals surface area (Å²) in [5, 5.41) is 3.09. The number of carbonyl (C=O) groups excluding carboxylic acids is 1. The quantitative estimate of drug-likeness (QED) is 0.850. The molecule has 0 spiro atoms. The van der Waals surface area contributed by atoms with Gasteiger partial charge < -0.3 is 9.73 Å². The van der Waals surface area contributed by atoms with Crippen molar-refractivity contribution in [3.8, 4) is 0 Å². The SMILES string of the molecule is Cc1oc(C)c(C(=O)NC(CCCl)C(C)(C)C)c1C. The molecule has 1 N–H and O–H groups in total. The van der Waals surface area contributed by atoms with E-state index in [0.29, 0.717) is 17.2 Å². The molecule has 19 heavy (non-hydrogen) atoms. The summed E-state index contributed by atoms with van der Waals surface area (Å²) in [5.41, 5.74) is 1.54. The molecule has 1 rings (SSSR count). The van der Waals surface area contributed by atoms with Gasteiger partial charge in [-0.2, -0.15) is 0 Å². The molecule has 0 fully saturated rings. The van der Waals surface area contributed by atoms with E-state index in [4.69, 9.17) is 16.0 Å². The van der Waals surface area contributed by atoms with Gasteiger partial charge in [0.1, 0.15) is 11.5 Å². The van der Waals surface area contributed by atoms with Crippen LogP contribution in [0.1, 0.15) is 54.6 Å². The minimum Gasteiger partial charge on any atom is -0.466 e. The minimum absolute atomic E-state index is 0.0227. The third kappa shape index (κ3) is 3.75. The van der Waals surface area contributed by atoms with Gasteiger partial charge >= 0.3 is 0 Å². The van der Waals surface area contributed by atoms with Crippen LogP contribution in [0.15, 0.2) is 4.42 Å². The standard InChI is InChI=1S/C15H24ClNO2/c1-9-10(2)19-11(3)13(9)14(18)17-12(7-8-16)15(4,5)6/h12H,7-8H2,1-6H3,(H,17,18). The molecule has 1 aromatic heterocycles. The first-order valence-electron chi connectivity index (χ1n) is 6.62. The number of alkyl halides is 1. The van der Waals surface area contributed by atoms with Crippen molar-refractivity contribution in [2.75, 3.05) is 5.88 Å². The van der Waals surface area contributed by atoms with Gasteiger partial charge in [0.2, 0.25) is 0 Å². The predicted octanol–water partition coefficient (Wildman–Crippen LogP) is 3.98. The van der Waals surface area contributed by atoms with E-state index in [-0.39, 0.29) is 17.4 Å². The Kier molecular flexibility index (Phi) is 5.08. The molecule has 3 nitrogen and oxygen atoms in total. The van der Waals surface area contributed by atoms with Crippen molar-refractivity contribution in [1.29, 1.82) is 0 Å². The van der Waals surface area contributed by atoms with Gasteiger partial charge in [0.25, 0.3) is 5.91 Å². The number of hydrogen-bond donors (Lipinski definition) is 1. The lowest BCUT2D eigenvalue weighted by Crippen LogP contribution is -2.44. The molecule has 0 radical (unpaired) electrons. The Balaban J connectivity index is 2.94. The summed E-state index contributed by atoms with van der Waals surface area (Å²) in [5.74, 6) is 1.93. The van der Waals surface area contributed by atoms with Crippen LogP contribution in [0.3, 0.4) is 0 Å². The van der Waals surface area contributed by atoms with Gasteiger partial charge in [-0.3, -0.25) is 4.79 Å². The number of amides is 1. The molecule has 1 unspecified atom stereocenters. The highest BCUT2D eigenvalue weighted by Gasteiger charge is 2.28. The molecule has 108 valence electrons. The second-order valence-electron chi connectivity index (χ2n) is 6.08. The number of hydrogen-bond acceptors (Lipinski definition) is 2. The van der Waals surface area contributed by atoms with Crippen molar-refractivity contribution in [2.45, 2.75) is 54.0 Å². The fourth-order valence-corrected chi connectivity index (χ4v) is 2.41. The number of halogens is 1. The van der Waals surface area contributed by atoms with Crippen molar-refractivity contribution < 1.29 is 9.21 Å². The van der Waals surface area contributed by atoms with E-state index in [1.165, 1.54) is 0 Å². The molecule has 0 aliphatic carbocycles. The van der Waals surface area contributed by atoms with Crippen LogP contribution in [0.2, 0.25) is 0 Å². The zero-order valence-corrected chi connectivity index (χ0v) is 13.4. The zero-order chi connectivity index (χ0) is 14.8. The second kappa shape index (κ2) is 6.00. The molecular formula is C15H24ClNO2.